The van der Waals surface area contributed by atoms with Crippen LogP contribution in [-0.2, 0) is 26.4 Å². The average molecular weight is 320 g/mol. The van der Waals surface area contributed by atoms with Gasteiger partial charge in [-0.3, -0.25) is 9.67 Å². The highest BCUT2D eigenvalue weighted by molar-refractivity contribution is 7.11. The summed E-state index contributed by atoms with van der Waals surface area (Å²) in [5.74, 6) is 0.796. The van der Waals surface area contributed by atoms with Crippen LogP contribution in [0.1, 0.15) is 28.2 Å². The van der Waals surface area contributed by atoms with Crippen molar-refractivity contribution in [2.75, 3.05) is 13.6 Å². The number of nitrogens with zero attached hydrogens (tertiary/aromatic N) is 4. The largest absolute Gasteiger partial charge is 0.356 e. The molecule has 0 saturated heterocycles. The zero-order chi connectivity index (χ0) is 15.9. The Kier molecular flexibility index (Phi) is 5.94. The third-order valence-corrected chi connectivity index (χ3v) is 4.56. The van der Waals surface area contributed by atoms with Crippen LogP contribution in [-0.4, -0.2) is 34.3 Å². The van der Waals surface area contributed by atoms with Crippen LogP contribution in [0, 0.1) is 6.92 Å². The van der Waals surface area contributed by atoms with Gasteiger partial charge in [-0.25, -0.2) is 4.98 Å². The maximum atomic E-state index is 4.66. The van der Waals surface area contributed by atoms with E-state index in [0.717, 1.165) is 31.0 Å². The number of thiazole rings is 1. The molecule has 0 fully saturated rings. The molecular weight excluding hydrogens is 296 g/mol. The lowest BCUT2D eigenvalue weighted by atomic mass is 10.3. The van der Waals surface area contributed by atoms with E-state index in [1.807, 2.05) is 17.8 Å². The molecule has 0 aliphatic carbocycles. The van der Waals surface area contributed by atoms with Gasteiger partial charge in [0.15, 0.2) is 5.96 Å². The molecule has 0 bridgehead atoms. The molecule has 120 valence electrons. The average Bonchev–Trinajstić information content (AvgIpc) is 3.08. The van der Waals surface area contributed by atoms with Crippen molar-refractivity contribution in [3.05, 3.63) is 33.5 Å². The van der Waals surface area contributed by atoms with Crippen molar-refractivity contribution in [1.82, 2.24) is 25.4 Å². The summed E-state index contributed by atoms with van der Waals surface area (Å²) >= 11 is 1.79. The molecule has 0 radical (unpaired) electrons. The molecule has 2 aromatic rings. The van der Waals surface area contributed by atoms with E-state index in [2.05, 4.69) is 39.6 Å². The molecular formula is C15H24N6S. The van der Waals surface area contributed by atoms with E-state index in [-0.39, 0.29) is 0 Å². The Bertz CT molecular complexity index is 628. The Hall–Kier alpha value is -1.89. The van der Waals surface area contributed by atoms with E-state index >= 15 is 0 Å². The number of guanidine groups is 1. The van der Waals surface area contributed by atoms with Crippen molar-refractivity contribution in [2.45, 2.75) is 33.2 Å². The molecule has 0 aliphatic rings. The summed E-state index contributed by atoms with van der Waals surface area (Å²) in [4.78, 5) is 10.2. The summed E-state index contributed by atoms with van der Waals surface area (Å²) < 4.78 is 1.85. The number of nitrogens with one attached hydrogen (secondary N) is 2. The van der Waals surface area contributed by atoms with Gasteiger partial charge in [-0.15, -0.1) is 11.3 Å². The number of hydrogen-bond donors (Lipinski definition) is 2. The maximum absolute atomic E-state index is 4.66. The fraction of sp³-hybridized carbons (Fsp3) is 0.533. The number of rotatable bonds is 6. The summed E-state index contributed by atoms with van der Waals surface area (Å²) in [7, 11) is 3.71. The maximum Gasteiger partial charge on any atom is 0.191 e. The van der Waals surface area contributed by atoms with Gasteiger partial charge >= 0.3 is 0 Å². The van der Waals surface area contributed by atoms with E-state index in [0.29, 0.717) is 6.54 Å². The Morgan fingerprint density at radius 3 is 2.82 bits per heavy atom. The number of hydrogen-bond acceptors (Lipinski definition) is 4. The molecule has 2 heterocycles. The van der Waals surface area contributed by atoms with Gasteiger partial charge < -0.3 is 10.6 Å². The first-order valence-electron chi connectivity index (χ1n) is 7.50. The zero-order valence-corrected chi connectivity index (χ0v) is 14.5. The van der Waals surface area contributed by atoms with Crippen LogP contribution < -0.4 is 10.6 Å². The molecule has 0 atom stereocenters. The highest BCUT2D eigenvalue weighted by Gasteiger charge is 2.06. The second kappa shape index (κ2) is 7.93. The van der Waals surface area contributed by atoms with Crippen LogP contribution in [0.25, 0.3) is 0 Å². The smallest absolute Gasteiger partial charge is 0.191 e. The van der Waals surface area contributed by atoms with Crippen molar-refractivity contribution in [3.8, 4) is 0 Å². The van der Waals surface area contributed by atoms with Gasteiger partial charge in [0, 0.05) is 38.1 Å². The molecule has 6 nitrogen and oxygen atoms in total. The molecule has 2 aromatic heterocycles. The van der Waals surface area contributed by atoms with Gasteiger partial charge in [0.25, 0.3) is 0 Å². The van der Waals surface area contributed by atoms with Crippen molar-refractivity contribution >= 4 is 17.3 Å². The van der Waals surface area contributed by atoms with E-state index in [9.17, 15) is 0 Å². The second-order valence-electron chi connectivity index (χ2n) is 5.01. The van der Waals surface area contributed by atoms with Crippen LogP contribution in [0.15, 0.2) is 17.3 Å². The van der Waals surface area contributed by atoms with Gasteiger partial charge in [0.05, 0.1) is 22.9 Å². The molecule has 0 spiro atoms. The SMILES string of the molecule is CCc1nc(CCNC(=NC)NCc2ccnn2C)sc1C. The van der Waals surface area contributed by atoms with E-state index in [4.69, 9.17) is 0 Å². The predicted molar refractivity (Wildman–Crippen MR) is 91.3 cm³/mol. The topological polar surface area (TPSA) is 67.1 Å². The lowest BCUT2D eigenvalue weighted by Gasteiger charge is -2.11. The molecule has 22 heavy (non-hydrogen) atoms. The van der Waals surface area contributed by atoms with Crippen LogP contribution >= 0.6 is 11.3 Å². The summed E-state index contributed by atoms with van der Waals surface area (Å²) in [6, 6.07) is 1.99. The van der Waals surface area contributed by atoms with Gasteiger partial charge in [-0.2, -0.15) is 5.10 Å². The molecule has 2 N–H and O–H groups in total. The quantitative estimate of drug-likeness (QED) is 0.627. The fourth-order valence-electron chi connectivity index (χ4n) is 2.18. The van der Waals surface area contributed by atoms with Crippen LogP contribution in [0.5, 0.6) is 0 Å². The van der Waals surface area contributed by atoms with Crippen LogP contribution in [0.3, 0.4) is 0 Å². The molecule has 7 heteroatoms. The van der Waals surface area contributed by atoms with Crippen LogP contribution in [0.2, 0.25) is 0 Å². The summed E-state index contributed by atoms with van der Waals surface area (Å²) in [5.41, 5.74) is 2.34. The first-order valence-corrected chi connectivity index (χ1v) is 8.32. The minimum Gasteiger partial charge on any atom is -0.356 e. The monoisotopic (exact) mass is 320 g/mol. The van der Waals surface area contributed by atoms with E-state index in [1.54, 1.807) is 24.6 Å². The van der Waals surface area contributed by atoms with Gasteiger partial charge in [0.1, 0.15) is 0 Å². The van der Waals surface area contributed by atoms with Gasteiger partial charge in [-0.1, -0.05) is 6.92 Å². The minimum absolute atomic E-state index is 0.701. The summed E-state index contributed by atoms with van der Waals surface area (Å²) in [6.45, 7) is 5.81. The third-order valence-electron chi connectivity index (χ3n) is 3.49. The first-order chi connectivity index (χ1) is 10.6. The standard InChI is InChI=1S/C15H24N6S/c1-5-13-11(2)22-14(20-13)7-8-17-15(16-3)18-10-12-6-9-19-21(12)4/h6,9H,5,7-8,10H2,1-4H3,(H2,16,17,18). The molecule has 0 aliphatic heterocycles. The van der Waals surface area contributed by atoms with Gasteiger partial charge in [0.2, 0.25) is 0 Å². The Morgan fingerprint density at radius 1 is 1.41 bits per heavy atom. The Balaban J connectivity index is 1.77. The summed E-state index contributed by atoms with van der Waals surface area (Å²) in [5, 5.41) is 11.9. The molecule has 2 rings (SSSR count). The van der Waals surface area contributed by atoms with E-state index in [1.165, 1.54) is 15.6 Å². The minimum atomic E-state index is 0.701. The Morgan fingerprint density at radius 2 is 2.23 bits per heavy atom. The summed E-state index contributed by atoms with van der Waals surface area (Å²) in [6.07, 6.45) is 3.71. The lowest BCUT2D eigenvalue weighted by molar-refractivity contribution is 0.684. The number of aryl methyl sites for hydroxylation is 3. The normalized spacial score (nSPS) is 11.7. The van der Waals surface area contributed by atoms with Crippen molar-refractivity contribution < 1.29 is 0 Å². The third kappa shape index (κ3) is 4.30. The fourth-order valence-corrected chi connectivity index (χ4v) is 3.20. The highest BCUT2D eigenvalue weighted by atomic mass is 32.1. The van der Waals surface area contributed by atoms with Crippen molar-refractivity contribution in [1.29, 1.82) is 0 Å². The molecule has 0 amide bonds. The first kappa shape index (κ1) is 16.5. The number of aromatic nitrogens is 3. The van der Waals surface area contributed by atoms with Crippen LogP contribution in [0.4, 0.5) is 0 Å². The van der Waals surface area contributed by atoms with Crippen molar-refractivity contribution in [2.24, 2.45) is 12.0 Å². The zero-order valence-electron chi connectivity index (χ0n) is 13.7. The number of aliphatic imine (C=N–C) groups is 1. The molecule has 0 unspecified atom stereocenters. The molecule has 0 saturated carbocycles. The second-order valence-corrected chi connectivity index (χ2v) is 6.30. The van der Waals surface area contributed by atoms with Gasteiger partial charge in [-0.05, 0) is 19.4 Å². The highest BCUT2D eigenvalue weighted by Crippen LogP contribution is 2.17. The predicted octanol–water partition coefficient (Wildman–Crippen LogP) is 1.66. The van der Waals surface area contributed by atoms with Crippen molar-refractivity contribution in [3.63, 3.8) is 0 Å². The Labute approximate surface area is 135 Å². The van der Waals surface area contributed by atoms with E-state index < -0.39 is 0 Å². The molecule has 0 aromatic carbocycles. The lowest BCUT2D eigenvalue weighted by Crippen LogP contribution is -2.38.